The summed E-state index contributed by atoms with van der Waals surface area (Å²) in [6.07, 6.45) is 0. The third-order valence-corrected chi connectivity index (χ3v) is 3.76. The average Bonchev–Trinajstić information content (AvgIpc) is 2.63. The van der Waals surface area contributed by atoms with Crippen LogP contribution in [0.15, 0.2) is 36.4 Å². The fourth-order valence-corrected chi connectivity index (χ4v) is 2.77. The van der Waals surface area contributed by atoms with Crippen LogP contribution < -0.4 is 4.90 Å². The Morgan fingerprint density at radius 2 is 1.65 bits per heavy atom. The minimum atomic E-state index is -0.318. The Balaban J connectivity index is 2.20. The van der Waals surface area contributed by atoms with Crippen LogP contribution in [0.4, 0.5) is 5.69 Å². The van der Waals surface area contributed by atoms with Gasteiger partial charge in [-0.3, -0.25) is 9.59 Å². The predicted octanol–water partition coefficient (Wildman–Crippen LogP) is 3.76. The first-order valence-corrected chi connectivity index (χ1v) is 6.63. The van der Waals surface area contributed by atoms with Gasteiger partial charge < -0.3 is 0 Å². The smallest absolute Gasteiger partial charge is 0.266 e. The second kappa shape index (κ2) is 4.46. The number of hydrogen-bond acceptors (Lipinski definition) is 2. The Hall–Kier alpha value is -2.13. The van der Waals surface area contributed by atoms with Crippen LogP contribution in [0.1, 0.15) is 31.8 Å². The molecular weight excluding hydrogens is 274 g/mol. The minimum absolute atomic E-state index is 0.315. The zero-order valence-electron chi connectivity index (χ0n) is 11.1. The second-order valence-corrected chi connectivity index (χ2v) is 5.31. The molecule has 0 saturated carbocycles. The number of carbonyl (C=O) groups is 2. The Kier molecular flexibility index (Phi) is 2.87. The van der Waals surface area contributed by atoms with Gasteiger partial charge in [-0.2, -0.15) is 0 Å². The molecule has 0 unspecified atom stereocenters. The highest BCUT2D eigenvalue weighted by Gasteiger charge is 2.38. The molecule has 0 atom stereocenters. The Morgan fingerprint density at radius 1 is 0.950 bits per heavy atom. The quantitative estimate of drug-likeness (QED) is 0.748. The van der Waals surface area contributed by atoms with Crippen LogP contribution >= 0.6 is 11.6 Å². The largest absolute Gasteiger partial charge is 0.268 e. The van der Waals surface area contributed by atoms with Gasteiger partial charge in [-0.25, -0.2) is 4.90 Å². The summed E-state index contributed by atoms with van der Waals surface area (Å²) in [5.74, 6) is -0.633. The van der Waals surface area contributed by atoms with E-state index in [0.29, 0.717) is 21.8 Å². The molecule has 4 heteroatoms. The van der Waals surface area contributed by atoms with E-state index in [-0.39, 0.29) is 11.8 Å². The van der Waals surface area contributed by atoms with E-state index in [9.17, 15) is 9.59 Å². The zero-order valence-corrected chi connectivity index (χ0v) is 11.9. The fraction of sp³-hybridized carbons (Fsp3) is 0.125. The van der Waals surface area contributed by atoms with E-state index in [2.05, 4.69) is 0 Å². The number of fused-ring (bicyclic) bond motifs is 1. The van der Waals surface area contributed by atoms with E-state index in [4.69, 9.17) is 11.6 Å². The summed E-state index contributed by atoms with van der Waals surface area (Å²) in [5, 5.41) is 0.399. The number of rotatable bonds is 1. The molecule has 2 aromatic carbocycles. The van der Waals surface area contributed by atoms with Crippen molar-refractivity contribution in [2.45, 2.75) is 13.8 Å². The van der Waals surface area contributed by atoms with Crippen molar-refractivity contribution in [1.29, 1.82) is 0 Å². The molecule has 0 fully saturated rings. The van der Waals surface area contributed by atoms with Crippen LogP contribution in [0.5, 0.6) is 0 Å². The molecule has 0 saturated heterocycles. The monoisotopic (exact) mass is 285 g/mol. The van der Waals surface area contributed by atoms with Crippen LogP contribution in [0.3, 0.4) is 0 Å². The molecule has 1 heterocycles. The van der Waals surface area contributed by atoms with Crippen LogP contribution in [-0.4, -0.2) is 11.8 Å². The highest BCUT2D eigenvalue weighted by Crippen LogP contribution is 2.35. The lowest BCUT2D eigenvalue weighted by molar-refractivity contribution is 0.0926. The number of aryl methyl sites for hydroxylation is 2. The Morgan fingerprint density at radius 3 is 2.35 bits per heavy atom. The molecule has 2 amide bonds. The topological polar surface area (TPSA) is 37.4 Å². The summed E-state index contributed by atoms with van der Waals surface area (Å²) < 4.78 is 0. The summed E-state index contributed by atoms with van der Waals surface area (Å²) in [4.78, 5) is 26.1. The van der Waals surface area contributed by atoms with E-state index < -0.39 is 0 Å². The molecule has 0 bridgehead atoms. The molecule has 0 spiro atoms. The van der Waals surface area contributed by atoms with Gasteiger partial charge in [-0.05, 0) is 37.6 Å². The molecule has 20 heavy (non-hydrogen) atoms. The van der Waals surface area contributed by atoms with Gasteiger partial charge in [0.25, 0.3) is 11.8 Å². The van der Waals surface area contributed by atoms with Crippen LogP contribution in [0.25, 0.3) is 0 Å². The van der Waals surface area contributed by atoms with Crippen molar-refractivity contribution in [3.05, 3.63) is 63.7 Å². The van der Waals surface area contributed by atoms with Gasteiger partial charge in [0.1, 0.15) is 0 Å². The standard InChI is InChI=1S/C16H12ClNO2/c1-9-6-7-11-12(8-9)16(20)18(15(11)19)14-10(2)4-3-5-13(14)17/h3-8H,1-2H3. The van der Waals surface area contributed by atoms with Crippen molar-refractivity contribution < 1.29 is 9.59 Å². The van der Waals surface area contributed by atoms with Crippen molar-refractivity contribution >= 4 is 29.1 Å². The van der Waals surface area contributed by atoms with Crippen LogP contribution in [0.2, 0.25) is 5.02 Å². The van der Waals surface area contributed by atoms with Crippen molar-refractivity contribution in [2.24, 2.45) is 0 Å². The van der Waals surface area contributed by atoms with E-state index in [0.717, 1.165) is 11.1 Å². The lowest BCUT2D eigenvalue weighted by Crippen LogP contribution is -2.30. The van der Waals surface area contributed by atoms with Crippen LogP contribution in [0, 0.1) is 13.8 Å². The van der Waals surface area contributed by atoms with Gasteiger partial charge in [0.05, 0.1) is 21.8 Å². The van der Waals surface area contributed by atoms with Crippen molar-refractivity contribution in [1.82, 2.24) is 0 Å². The maximum Gasteiger partial charge on any atom is 0.266 e. The Bertz CT molecular complexity index is 732. The average molecular weight is 286 g/mol. The SMILES string of the molecule is Cc1ccc2c(c1)C(=O)N(c1c(C)cccc1Cl)C2=O. The van der Waals surface area contributed by atoms with Gasteiger partial charge in [0.15, 0.2) is 0 Å². The van der Waals surface area contributed by atoms with Gasteiger partial charge in [0.2, 0.25) is 0 Å². The summed E-state index contributed by atoms with van der Waals surface area (Å²) >= 11 is 6.17. The fourth-order valence-electron chi connectivity index (χ4n) is 2.46. The summed E-state index contributed by atoms with van der Waals surface area (Å²) in [6, 6.07) is 10.6. The van der Waals surface area contributed by atoms with E-state index in [1.807, 2.05) is 26.0 Å². The molecule has 3 nitrogen and oxygen atoms in total. The number of anilines is 1. The number of halogens is 1. The molecule has 0 aromatic heterocycles. The molecule has 0 radical (unpaired) electrons. The lowest BCUT2D eigenvalue weighted by Gasteiger charge is -2.17. The van der Waals surface area contributed by atoms with E-state index in [1.54, 1.807) is 24.3 Å². The number of benzene rings is 2. The maximum atomic E-state index is 12.5. The molecule has 100 valence electrons. The van der Waals surface area contributed by atoms with Crippen molar-refractivity contribution in [3.63, 3.8) is 0 Å². The lowest BCUT2D eigenvalue weighted by atomic mass is 10.1. The molecule has 0 N–H and O–H groups in total. The van der Waals surface area contributed by atoms with Gasteiger partial charge >= 0.3 is 0 Å². The van der Waals surface area contributed by atoms with E-state index in [1.165, 1.54) is 4.90 Å². The Labute approximate surface area is 121 Å². The highest BCUT2D eigenvalue weighted by atomic mass is 35.5. The van der Waals surface area contributed by atoms with Crippen molar-refractivity contribution in [2.75, 3.05) is 4.90 Å². The molecule has 1 aliphatic rings. The number of nitrogens with zero attached hydrogens (tertiary/aromatic N) is 1. The normalized spacial score (nSPS) is 13.8. The van der Waals surface area contributed by atoms with Gasteiger partial charge in [0, 0.05) is 0 Å². The van der Waals surface area contributed by atoms with Crippen molar-refractivity contribution in [3.8, 4) is 0 Å². The molecule has 0 aliphatic carbocycles. The first-order valence-electron chi connectivity index (χ1n) is 6.25. The summed E-state index contributed by atoms with van der Waals surface area (Å²) in [5.41, 5.74) is 3.08. The summed E-state index contributed by atoms with van der Waals surface area (Å²) in [6.45, 7) is 3.72. The van der Waals surface area contributed by atoms with Gasteiger partial charge in [-0.15, -0.1) is 0 Å². The molecule has 2 aromatic rings. The third-order valence-electron chi connectivity index (χ3n) is 3.45. The number of imide groups is 1. The first kappa shape index (κ1) is 12.9. The third kappa shape index (κ3) is 1.74. The number of amides is 2. The molecule has 3 rings (SSSR count). The number of para-hydroxylation sites is 1. The molecular formula is C16H12ClNO2. The number of hydrogen-bond donors (Lipinski definition) is 0. The summed E-state index contributed by atoms with van der Waals surface area (Å²) in [7, 11) is 0. The maximum absolute atomic E-state index is 12.5. The zero-order chi connectivity index (χ0) is 14.4. The van der Waals surface area contributed by atoms with Gasteiger partial charge in [-0.1, -0.05) is 35.4 Å². The predicted molar refractivity (Wildman–Crippen MR) is 78.5 cm³/mol. The first-order chi connectivity index (χ1) is 9.50. The van der Waals surface area contributed by atoms with E-state index >= 15 is 0 Å². The van der Waals surface area contributed by atoms with Crippen LogP contribution in [-0.2, 0) is 0 Å². The minimum Gasteiger partial charge on any atom is -0.268 e. The second-order valence-electron chi connectivity index (χ2n) is 4.90. The number of carbonyl (C=O) groups excluding carboxylic acids is 2. The molecule has 1 aliphatic heterocycles. The highest BCUT2D eigenvalue weighted by molar-refractivity contribution is 6.40.